The van der Waals surface area contributed by atoms with E-state index in [0.29, 0.717) is 0 Å². The molecule has 0 aliphatic rings. The maximum Gasteiger partial charge on any atom is 0.331 e. The third-order valence-corrected chi connectivity index (χ3v) is 2.14. The van der Waals surface area contributed by atoms with Crippen LogP contribution < -0.4 is 10.6 Å². The molecule has 0 atom stereocenters. The van der Waals surface area contributed by atoms with Crippen LogP contribution in [-0.4, -0.2) is 13.0 Å². The first-order valence-corrected chi connectivity index (χ1v) is 5.13. The SMILES string of the molecule is CNN(OC(C)=O)c1cccc(I)c1. The van der Waals surface area contributed by atoms with Crippen LogP contribution in [0.2, 0.25) is 0 Å². The van der Waals surface area contributed by atoms with Crippen LogP contribution in [-0.2, 0) is 9.63 Å². The Morgan fingerprint density at radius 2 is 2.29 bits per heavy atom. The third-order valence-electron chi connectivity index (χ3n) is 1.47. The number of carbonyl (C=O) groups excluding carboxylic acids is 1. The number of benzene rings is 1. The first-order chi connectivity index (χ1) is 6.63. The molecule has 0 radical (unpaired) electrons. The Hall–Kier alpha value is -0.820. The zero-order chi connectivity index (χ0) is 10.6. The van der Waals surface area contributed by atoms with Crippen molar-refractivity contribution in [3.05, 3.63) is 27.8 Å². The van der Waals surface area contributed by atoms with Crippen molar-refractivity contribution in [1.82, 2.24) is 5.43 Å². The molecule has 0 aliphatic carbocycles. The van der Waals surface area contributed by atoms with Gasteiger partial charge in [-0.15, -0.1) is 5.17 Å². The molecule has 0 aliphatic heterocycles. The van der Waals surface area contributed by atoms with Gasteiger partial charge in [0, 0.05) is 17.5 Å². The Kier molecular flexibility index (Phi) is 4.15. The highest BCUT2D eigenvalue weighted by Crippen LogP contribution is 2.16. The van der Waals surface area contributed by atoms with Crippen LogP contribution in [0.5, 0.6) is 0 Å². The summed E-state index contributed by atoms with van der Waals surface area (Å²) < 4.78 is 1.08. The van der Waals surface area contributed by atoms with E-state index in [0.717, 1.165) is 9.26 Å². The number of hydrazine groups is 1. The predicted octanol–water partition coefficient (Wildman–Crippen LogP) is 1.71. The molecule has 0 spiro atoms. The van der Waals surface area contributed by atoms with Gasteiger partial charge in [-0.1, -0.05) is 6.07 Å². The number of hydrogen-bond donors (Lipinski definition) is 1. The lowest BCUT2D eigenvalue weighted by molar-refractivity contribution is -0.143. The van der Waals surface area contributed by atoms with Crippen LogP contribution in [0.3, 0.4) is 0 Å². The molecule has 0 amide bonds. The minimum atomic E-state index is -0.363. The van der Waals surface area contributed by atoms with Crippen molar-refractivity contribution in [3.8, 4) is 0 Å². The Labute approximate surface area is 96.3 Å². The van der Waals surface area contributed by atoms with Crippen molar-refractivity contribution in [2.24, 2.45) is 0 Å². The van der Waals surface area contributed by atoms with Gasteiger partial charge in [0.2, 0.25) is 0 Å². The van der Waals surface area contributed by atoms with Crippen LogP contribution in [0.15, 0.2) is 24.3 Å². The molecular weight excluding hydrogens is 295 g/mol. The summed E-state index contributed by atoms with van der Waals surface area (Å²) >= 11 is 2.19. The smallest absolute Gasteiger partial charge is 0.326 e. The first kappa shape index (κ1) is 11.3. The van der Waals surface area contributed by atoms with E-state index in [1.54, 1.807) is 7.05 Å². The molecule has 1 aromatic rings. The standard InChI is InChI=1S/C9H11IN2O2/c1-7(13)14-12(11-2)9-5-3-4-8(10)6-9/h3-6,11H,1-2H3. The third kappa shape index (κ3) is 3.15. The van der Waals surface area contributed by atoms with Gasteiger partial charge in [0.1, 0.15) is 0 Å². The average molecular weight is 306 g/mol. The number of anilines is 1. The topological polar surface area (TPSA) is 41.6 Å². The Bertz CT molecular complexity index is 330. The van der Waals surface area contributed by atoms with E-state index < -0.39 is 0 Å². The molecule has 0 heterocycles. The Morgan fingerprint density at radius 3 is 2.79 bits per heavy atom. The monoisotopic (exact) mass is 306 g/mol. The number of halogens is 1. The largest absolute Gasteiger partial charge is 0.331 e. The molecule has 0 saturated heterocycles. The van der Waals surface area contributed by atoms with Gasteiger partial charge in [0.15, 0.2) is 0 Å². The summed E-state index contributed by atoms with van der Waals surface area (Å²) in [5, 5.41) is 1.32. The Balaban J connectivity index is 2.83. The molecule has 4 nitrogen and oxygen atoms in total. The van der Waals surface area contributed by atoms with Crippen molar-refractivity contribution in [2.75, 3.05) is 12.2 Å². The van der Waals surface area contributed by atoms with Gasteiger partial charge in [-0.05, 0) is 40.8 Å². The highest BCUT2D eigenvalue weighted by Gasteiger charge is 2.07. The minimum absolute atomic E-state index is 0.363. The van der Waals surface area contributed by atoms with Gasteiger partial charge in [-0.25, -0.2) is 10.2 Å². The number of nitrogens with one attached hydrogen (secondary N) is 1. The maximum atomic E-state index is 10.8. The van der Waals surface area contributed by atoms with Crippen molar-refractivity contribution < 1.29 is 9.63 Å². The van der Waals surface area contributed by atoms with Crippen LogP contribution in [0.4, 0.5) is 5.69 Å². The summed E-state index contributed by atoms with van der Waals surface area (Å²) in [6.07, 6.45) is 0. The maximum absolute atomic E-state index is 10.8. The molecule has 0 fully saturated rings. The lowest BCUT2D eigenvalue weighted by Crippen LogP contribution is -2.36. The van der Waals surface area contributed by atoms with Crippen LogP contribution >= 0.6 is 22.6 Å². The summed E-state index contributed by atoms with van der Waals surface area (Å²) in [7, 11) is 1.68. The molecule has 14 heavy (non-hydrogen) atoms. The summed E-state index contributed by atoms with van der Waals surface area (Å²) in [4.78, 5) is 15.7. The number of carbonyl (C=O) groups is 1. The average Bonchev–Trinajstić information content (AvgIpc) is 2.14. The van der Waals surface area contributed by atoms with Crippen molar-refractivity contribution in [1.29, 1.82) is 0 Å². The molecular formula is C9H11IN2O2. The van der Waals surface area contributed by atoms with Crippen molar-refractivity contribution >= 4 is 34.2 Å². The molecule has 1 rings (SSSR count). The molecule has 1 aromatic carbocycles. The molecule has 0 saturated carbocycles. The number of nitrogens with zero attached hydrogens (tertiary/aromatic N) is 1. The quantitative estimate of drug-likeness (QED) is 0.682. The van der Waals surface area contributed by atoms with Gasteiger partial charge < -0.3 is 4.84 Å². The van der Waals surface area contributed by atoms with E-state index in [2.05, 4.69) is 28.0 Å². The number of hydrogen-bond acceptors (Lipinski definition) is 4. The van der Waals surface area contributed by atoms with E-state index in [1.165, 1.54) is 12.1 Å². The van der Waals surface area contributed by atoms with Gasteiger partial charge in [-0.3, -0.25) is 0 Å². The van der Waals surface area contributed by atoms with Crippen molar-refractivity contribution in [2.45, 2.75) is 6.92 Å². The summed E-state index contributed by atoms with van der Waals surface area (Å²) in [6, 6.07) is 7.61. The van der Waals surface area contributed by atoms with Crippen molar-refractivity contribution in [3.63, 3.8) is 0 Å². The Morgan fingerprint density at radius 1 is 1.57 bits per heavy atom. The molecule has 0 aromatic heterocycles. The van der Waals surface area contributed by atoms with E-state index in [1.807, 2.05) is 24.3 Å². The van der Waals surface area contributed by atoms with Crippen LogP contribution in [0.25, 0.3) is 0 Å². The normalized spacial score (nSPS) is 9.64. The summed E-state index contributed by atoms with van der Waals surface area (Å²) in [6.45, 7) is 1.36. The first-order valence-electron chi connectivity index (χ1n) is 4.05. The number of rotatable bonds is 3. The van der Waals surface area contributed by atoms with Crippen LogP contribution in [0, 0.1) is 3.57 Å². The second-order valence-electron chi connectivity index (χ2n) is 2.58. The van der Waals surface area contributed by atoms with Crippen LogP contribution in [0.1, 0.15) is 6.92 Å². The van der Waals surface area contributed by atoms with Gasteiger partial charge >= 0.3 is 5.97 Å². The predicted molar refractivity (Wildman–Crippen MR) is 62.5 cm³/mol. The highest BCUT2D eigenvalue weighted by molar-refractivity contribution is 14.1. The minimum Gasteiger partial charge on any atom is -0.326 e. The fourth-order valence-electron chi connectivity index (χ4n) is 0.958. The molecule has 76 valence electrons. The second kappa shape index (κ2) is 5.16. The van der Waals surface area contributed by atoms with E-state index in [9.17, 15) is 4.79 Å². The molecule has 0 bridgehead atoms. The molecule has 1 N–H and O–H groups in total. The summed E-state index contributed by atoms with van der Waals surface area (Å²) in [5.41, 5.74) is 3.55. The van der Waals surface area contributed by atoms with Gasteiger partial charge in [0.05, 0.1) is 5.69 Å². The zero-order valence-corrected chi connectivity index (χ0v) is 10.1. The zero-order valence-electron chi connectivity index (χ0n) is 7.95. The van der Waals surface area contributed by atoms with Gasteiger partial charge in [0.25, 0.3) is 0 Å². The lowest BCUT2D eigenvalue weighted by atomic mass is 10.3. The van der Waals surface area contributed by atoms with E-state index >= 15 is 0 Å². The fraction of sp³-hybridized carbons (Fsp3) is 0.222. The lowest BCUT2D eigenvalue weighted by Gasteiger charge is -2.20. The highest BCUT2D eigenvalue weighted by atomic mass is 127. The van der Waals surface area contributed by atoms with E-state index in [4.69, 9.17) is 4.84 Å². The molecule has 5 heteroatoms. The summed E-state index contributed by atoms with van der Waals surface area (Å²) in [5.74, 6) is -0.363. The van der Waals surface area contributed by atoms with E-state index in [-0.39, 0.29) is 5.97 Å². The fourth-order valence-corrected chi connectivity index (χ4v) is 1.49. The molecule has 0 unspecified atom stereocenters. The second-order valence-corrected chi connectivity index (χ2v) is 3.83. The van der Waals surface area contributed by atoms with Gasteiger partial charge in [-0.2, -0.15) is 0 Å².